The molecule has 1 fully saturated rings. The zero-order valence-electron chi connectivity index (χ0n) is 13.8. The Morgan fingerprint density at radius 3 is 2.62 bits per heavy atom. The van der Waals surface area contributed by atoms with Gasteiger partial charge in [0, 0.05) is 7.11 Å². The number of nitrogens with one attached hydrogen (secondary N) is 1. The molecule has 0 aliphatic heterocycles. The largest absolute Gasteiger partial charge is 0.453 e. The molecule has 0 spiro atoms. The Hall–Kier alpha value is -2.14. The summed E-state index contributed by atoms with van der Waals surface area (Å²) in [6, 6.07) is 9.63. The Morgan fingerprint density at radius 2 is 1.96 bits per heavy atom. The van der Waals surface area contributed by atoms with Gasteiger partial charge in [0.05, 0.1) is 6.04 Å². The van der Waals surface area contributed by atoms with Gasteiger partial charge in [0.2, 0.25) is 0 Å². The van der Waals surface area contributed by atoms with E-state index in [0.717, 1.165) is 31.2 Å². The van der Waals surface area contributed by atoms with E-state index in [1.165, 1.54) is 12.1 Å². The molecule has 128 valence electrons. The molecule has 1 N–H and O–H groups in total. The van der Waals surface area contributed by atoms with Crippen molar-refractivity contribution in [3.8, 4) is 0 Å². The molecule has 1 saturated carbocycles. The van der Waals surface area contributed by atoms with Gasteiger partial charge < -0.3 is 14.5 Å². The van der Waals surface area contributed by atoms with Gasteiger partial charge in [-0.15, -0.1) is 0 Å². The van der Waals surface area contributed by atoms with Crippen LogP contribution in [0.25, 0.3) is 0 Å². The van der Waals surface area contributed by atoms with Crippen LogP contribution in [0.4, 0.5) is 4.39 Å². The Labute approximate surface area is 141 Å². The van der Waals surface area contributed by atoms with Crippen molar-refractivity contribution >= 4 is 5.91 Å². The third-order valence-corrected chi connectivity index (χ3v) is 4.56. The minimum absolute atomic E-state index is 0.128. The van der Waals surface area contributed by atoms with Gasteiger partial charge in [-0.05, 0) is 48.6 Å². The predicted molar refractivity (Wildman–Crippen MR) is 88.0 cm³/mol. The zero-order valence-corrected chi connectivity index (χ0v) is 13.8. The standard InChI is InChI=1S/C19H22FNO3/c1-23-12-16-10-11-17(24-16)19(22)21-18(13-4-2-3-5-13)14-6-8-15(20)9-7-14/h6-11,13,18H,2-5,12H2,1H3,(H,21,22). The Balaban J connectivity index is 1.77. The summed E-state index contributed by atoms with van der Waals surface area (Å²) in [7, 11) is 1.58. The molecule has 5 heteroatoms. The molecule has 0 bridgehead atoms. The number of carbonyl (C=O) groups is 1. The highest BCUT2D eigenvalue weighted by Gasteiger charge is 2.28. The highest BCUT2D eigenvalue weighted by atomic mass is 19.1. The van der Waals surface area contributed by atoms with Crippen LogP contribution in [0.5, 0.6) is 0 Å². The van der Waals surface area contributed by atoms with E-state index in [2.05, 4.69) is 5.32 Å². The Kier molecular flexibility index (Phi) is 5.30. The molecule has 0 radical (unpaired) electrons. The van der Waals surface area contributed by atoms with E-state index in [-0.39, 0.29) is 23.5 Å². The summed E-state index contributed by atoms with van der Waals surface area (Å²) < 4.78 is 23.7. The molecule has 1 aromatic carbocycles. The van der Waals surface area contributed by atoms with Gasteiger partial charge in [-0.2, -0.15) is 0 Å². The van der Waals surface area contributed by atoms with Crippen LogP contribution >= 0.6 is 0 Å². The summed E-state index contributed by atoms with van der Waals surface area (Å²) in [5, 5.41) is 3.07. The second-order valence-electron chi connectivity index (χ2n) is 6.25. The van der Waals surface area contributed by atoms with E-state index in [4.69, 9.17) is 9.15 Å². The predicted octanol–water partition coefficient (Wildman–Crippen LogP) is 4.23. The topological polar surface area (TPSA) is 51.5 Å². The SMILES string of the molecule is COCc1ccc(C(=O)NC(c2ccc(F)cc2)C2CCCC2)o1. The molecular formula is C19H22FNO3. The fraction of sp³-hybridized carbons (Fsp3) is 0.421. The van der Waals surface area contributed by atoms with E-state index in [9.17, 15) is 9.18 Å². The van der Waals surface area contributed by atoms with Crippen LogP contribution in [0.15, 0.2) is 40.8 Å². The number of halogens is 1. The molecule has 24 heavy (non-hydrogen) atoms. The maximum atomic E-state index is 13.2. The third kappa shape index (κ3) is 3.85. The van der Waals surface area contributed by atoms with Crippen molar-refractivity contribution in [1.82, 2.24) is 5.32 Å². The van der Waals surface area contributed by atoms with E-state index in [1.807, 2.05) is 0 Å². The first-order valence-corrected chi connectivity index (χ1v) is 8.31. The molecule has 1 unspecified atom stereocenters. The lowest BCUT2D eigenvalue weighted by atomic mass is 9.91. The van der Waals surface area contributed by atoms with Crippen LogP contribution in [0.3, 0.4) is 0 Å². The average Bonchev–Trinajstić information content (AvgIpc) is 3.25. The minimum atomic E-state index is -0.273. The van der Waals surface area contributed by atoms with E-state index in [0.29, 0.717) is 18.3 Å². The summed E-state index contributed by atoms with van der Waals surface area (Å²) in [5.74, 6) is 0.728. The van der Waals surface area contributed by atoms with Gasteiger partial charge in [0.15, 0.2) is 5.76 Å². The fourth-order valence-corrected chi connectivity index (χ4v) is 3.37. The summed E-state index contributed by atoms with van der Waals surface area (Å²) in [5.41, 5.74) is 0.931. The highest BCUT2D eigenvalue weighted by molar-refractivity contribution is 5.91. The van der Waals surface area contributed by atoms with Crippen molar-refractivity contribution < 1.29 is 18.3 Å². The Bertz CT molecular complexity index is 674. The van der Waals surface area contributed by atoms with Crippen LogP contribution < -0.4 is 5.32 Å². The lowest BCUT2D eigenvalue weighted by Gasteiger charge is -2.25. The van der Waals surface area contributed by atoms with Crippen LogP contribution in [0.1, 0.15) is 53.6 Å². The number of rotatable bonds is 6. The molecule has 3 rings (SSSR count). The number of ether oxygens (including phenoxy) is 1. The number of carbonyl (C=O) groups excluding carboxylic acids is 1. The van der Waals surface area contributed by atoms with Crippen LogP contribution in [0, 0.1) is 11.7 Å². The molecule has 0 saturated heterocycles. The van der Waals surface area contributed by atoms with Gasteiger partial charge in [0.1, 0.15) is 18.2 Å². The maximum absolute atomic E-state index is 13.2. The molecule has 1 atom stereocenters. The number of amides is 1. The van der Waals surface area contributed by atoms with Crippen molar-refractivity contribution in [2.24, 2.45) is 5.92 Å². The number of hydrogen-bond donors (Lipinski definition) is 1. The third-order valence-electron chi connectivity index (χ3n) is 4.56. The number of furan rings is 1. The van der Waals surface area contributed by atoms with Crippen molar-refractivity contribution in [3.63, 3.8) is 0 Å². The summed E-state index contributed by atoms with van der Waals surface area (Å²) in [6.07, 6.45) is 4.46. The highest BCUT2D eigenvalue weighted by Crippen LogP contribution is 2.36. The van der Waals surface area contributed by atoms with Gasteiger partial charge in [-0.1, -0.05) is 25.0 Å². The van der Waals surface area contributed by atoms with E-state index >= 15 is 0 Å². The smallest absolute Gasteiger partial charge is 0.287 e. The molecule has 1 amide bonds. The normalized spacial score (nSPS) is 16.2. The monoisotopic (exact) mass is 331 g/mol. The van der Waals surface area contributed by atoms with Crippen molar-refractivity contribution in [3.05, 3.63) is 59.3 Å². The lowest BCUT2D eigenvalue weighted by Crippen LogP contribution is -2.32. The molecule has 2 aromatic rings. The second kappa shape index (κ2) is 7.62. The quantitative estimate of drug-likeness (QED) is 0.862. The second-order valence-corrected chi connectivity index (χ2v) is 6.25. The number of hydrogen-bond acceptors (Lipinski definition) is 3. The van der Waals surface area contributed by atoms with Crippen LogP contribution in [-0.2, 0) is 11.3 Å². The minimum Gasteiger partial charge on any atom is -0.453 e. The van der Waals surface area contributed by atoms with Gasteiger partial charge >= 0.3 is 0 Å². The summed E-state index contributed by atoms with van der Waals surface area (Å²) in [4.78, 5) is 12.5. The average molecular weight is 331 g/mol. The van der Waals surface area contributed by atoms with Crippen molar-refractivity contribution in [2.75, 3.05) is 7.11 Å². The first-order valence-electron chi connectivity index (χ1n) is 8.31. The molecule has 1 aliphatic rings. The maximum Gasteiger partial charge on any atom is 0.287 e. The van der Waals surface area contributed by atoms with E-state index < -0.39 is 0 Å². The van der Waals surface area contributed by atoms with Crippen LogP contribution in [0.2, 0.25) is 0 Å². The van der Waals surface area contributed by atoms with Crippen molar-refractivity contribution in [2.45, 2.75) is 38.3 Å². The molecule has 4 nitrogen and oxygen atoms in total. The summed E-state index contributed by atoms with van der Waals surface area (Å²) >= 11 is 0. The summed E-state index contributed by atoms with van der Waals surface area (Å²) in [6.45, 7) is 0.331. The fourth-order valence-electron chi connectivity index (χ4n) is 3.37. The van der Waals surface area contributed by atoms with Gasteiger partial charge in [-0.3, -0.25) is 4.79 Å². The first kappa shape index (κ1) is 16.7. The molecule has 1 aromatic heterocycles. The van der Waals surface area contributed by atoms with E-state index in [1.54, 1.807) is 31.4 Å². The van der Waals surface area contributed by atoms with Gasteiger partial charge in [-0.25, -0.2) is 4.39 Å². The Morgan fingerprint density at radius 1 is 1.25 bits per heavy atom. The first-order chi connectivity index (χ1) is 11.7. The zero-order chi connectivity index (χ0) is 16.9. The van der Waals surface area contributed by atoms with Gasteiger partial charge in [0.25, 0.3) is 5.91 Å². The molecule has 1 aliphatic carbocycles. The number of methoxy groups -OCH3 is 1. The number of benzene rings is 1. The van der Waals surface area contributed by atoms with Crippen LogP contribution in [-0.4, -0.2) is 13.0 Å². The van der Waals surface area contributed by atoms with Crippen molar-refractivity contribution in [1.29, 1.82) is 0 Å². The lowest BCUT2D eigenvalue weighted by molar-refractivity contribution is 0.0885. The molecule has 1 heterocycles. The molecular weight excluding hydrogens is 309 g/mol.